The number of anilines is 3. The normalized spacial score (nSPS) is 15.7. The SMILES string of the molecule is COc1cncc2nc(-c3ccnc(Nc4ccccc4)c3)nc(N[C@@H]3CCN(CC(N)=O)C3)c12. The lowest BCUT2D eigenvalue weighted by molar-refractivity contribution is -0.118. The molecule has 4 N–H and O–H groups in total. The molecule has 0 aliphatic carbocycles. The zero-order chi connectivity index (χ0) is 24.2. The Balaban J connectivity index is 1.49. The summed E-state index contributed by atoms with van der Waals surface area (Å²) >= 11 is 0. The summed E-state index contributed by atoms with van der Waals surface area (Å²) in [5.74, 6) is 2.15. The van der Waals surface area contributed by atoms with E-state index in [1.165, 1.54) is 0 Å². The molecule has 10 heteroatoms. The zero-order valence-electron chi connectivity index (χ0n) is 19.3. The lowest BCUT2D eigenvalue weighted by atomic mass is 10.2. The Kier molecular flexibility index (Phi) is 6.36. The number of pyridine rings is 2. The maximum Gasteiger partial charge on any atom is 0.231 e. The molecule has 10 nitrogen and oxygen atoms in total. The highest BCUT2D eigenvalue weighted by atomic mass is 16.5. The molecule has 0 bridgehead atoms. The number of aromatic nitrogens is 4. The van der Waals surface area contributed by atoms with E-state index in [-0.39, 0.29) is 18.5 Å². The second kappa shape index (κ2) is 9.90. The van der Waals surface area contributed by atoms with Crippen LogP contribution in [0.3, 0.4) is 0 Å². The first-order valence-electron chi connectivity index (χ1n) is 11.3. The van der Waals surface area contributed by atoms with Gasteiger partial charge in [0.15, 0.2) is 5.82 Å². The second-order valence-electron chi connectivity index (χ2n) is 8.38. The number of nitrogens with two attached hydrogens (primary N) is 1. The summed E-state index contributed by atoms with van der Waals surface area (Å²) in [6.07, 6.45) is 5.94. The first-order chi connectivity index (χ1) is 17.1. The molecule has 1 amide bonds. The summed E-state index contributed by atoms with van der Waals surface area (Å²) in [7, 11) is 1.60. The molecule has 0 radical (unpaired) electrons. The molecule has 35 heavy (non-hydrogen) atoms. The van der Waals surface area contributed by atoms with Crippen LogP contribution in [0.4, 0.5) is 17.3 Å². The van der Waals surface area contributed by atoms with Crippen LogP contribution in [0.1, 0.15) is 6.42 Å². The van der Waals surface area contributed by atoms with E-state index in [4.69, 9.17) is 20.4 Å². The van der Waals surface area contributed by atoms with Crippen LogP contribution in [0.15, 0.2) is 61.1 Å². The van der Waals surface area contributed by atoms with Crippen molar-refractivity contribution >= 4 is 34.1 Å². The Morgan fingerprint density at radius 2 is 2.06 bits per heavy atom. The highest BCUT2D eigenvalue weighted by Gasteiger charge is 2.25. The van der Waals surface area contributed by atoms with Crippen LogP contribution in [0.25, 0.3) is 22.3 Å². The second-order valence-corrected chi connectivity index (χ2v) is 8.38. The molecule has 0 saturated carbocycles. The van der Waals surface area contributed by atoms with Gasteiger partial charge in [-0.25, -0.2) is 15.0 Å². The van der Waals surface area contributed by atoms with Gasteiger partial charge in [0.25, 0.3) is 0 Å². The van der Waals surface area contributed by atoms with Gasteiger partial charge in [0, 0.05) is 36.6 Å². The number of carbonyl (C=O) groups is 1. The standard InChI is InChI=1S/C25H26N8O2/c1-35-20-13-27-12-19-23(20)25(30-18-8-10-33(14-18)15-21(26)34)32-24(31-19)16-7-9-28-22(11-16)29-17-5-3-2-4-6-17/h2-7,9,11-13,18H,8,10,14-15H2,1H3,(H2,26,34)(H,28,29)(H,30,31,32)/t18-/m1/s1. The fourth-order valence-electron chi connectivity index (χ4n) is 4.26. The first kappa shape index (κ1) is 22.5. The molecule has 178 valence electrons. The molecule has 0 spiro atoms. The number of hydrogen-bond acceptors (Lipinski definition) is 9. The average molecular weight is 471 g/mol. The van der Waals surface area contributed by atoms with Crippen LogP contribution >= 0.6 is 0 Å². The van der Waals surface area contributed by atoms with Crippen molar-refractivity contribution in [2.75, 3.05) is 37.4 Å². The molecule has 1 aliphatic heterocycles. The molecule has 4 aromatic rings. The van der Waals surface area contributed by atoms with Crippen LogP contribution in [0.2, 0.25) is 0 Å². The van der Waals surface area contributed by atoms with E-state index in [9.17, 15) is 4.79 Å². The fourth-order valence-corrected chi connectivity index (χ4v) is 4.26. The van der Waals surface area contributed by atoms with Crippen LogP contribution in [0, 0.1) is 0 Å². The van der Waals surface area contributed by atoms with Crippen molar-refractivity contribution in [3.8, 4) is 17.1 Å². The molecular formula is C25H26N8O2. The number of nitrogens with one attached hydrogen (secondary N) is 2. The summed E-state index contributed by atoms with van der Waals surface area (Å²) in [5.41, 5.74) is 7.79. The van der Waals surface area contributed by atoms with Crippen LogP contribution in [-0.2, 0) is 4.79 Å². The molecular weight excluding hydrogens is 444 g/mol. The van der Waals surface area contributed by atoms with Gasteiger partial charge in [0.05, 0.1) is 37.0 Å². The van der Waals surface area contributed by atoms with Crippen molar-refractivity contribution in [2.45, 2.75) is 12.5 Å². The monoisotopic (exact) mass is 470 g/mol. The minimum absolute atomic E-state index is 0.103. The Morgan fingerprint density at radius 3 is 2.86 bits per heavy atom. The van der Waals surface area contributed by atoms with Gasteiger partial charge in [-0.2, -0.15) is 0 Å². The minimum Gasteiger partial charge on any atom is -0.494 e. The number of para-hydroxylation sites is 1. The Bertz CT molecular complexity index is 1350. The predicted octanol–water partition coefficient (Wildman–Crippen LogP) is 2.81. The van der Waals surface area contributed by atoms with E-state index in [1.807, 2.05) is 47.4 Å². The topological polar surface area (TPSA) is 131 Å². The number of ether oxygens (including phenoxy) is 1. The maximum atomic E-state index is 11.3. The third-order valence-electron chi connectivity index (χ3n) is 5.85. The number of fused-ring (bicyclic) bond motifs is 1. The summed E-state index contributed by atoms with van der Waals surface area (Å²) in [4.78, 5) is 31.7. The molecule has 1 saturated heterocycles. The molecule has 1 aliphatic rings. The third kappa shape index (κ3) is 5.12. The van der Waals surface area contributed by atoms with Crippen molar-refractivity contribution < 1.29 is 9.53 Å². The number of likely N-dealkylation sites (tertiary alicyclic amines) is 1. The number of carbonyl (C=O) groups excluding carboxylic acids is 1. The van der Waals surface area contributed by atoms with Gasteiger partial charge < -0.3 is 21.1 Å². The van der Waals surface area contributed by atoms with Crippen molar-refractivity contribution in [3.05, 3.63) is 61.1 Å². The van der Waals surface area contributed by atoms with E-state index in [0.717, 1.165) is 29.6 Å². The van der Waals surface area contributed by atoms with Gasteiger partial charge in [-0.15, -0.1) is 0 Å². The molecule has 0 unspecified atom stereocenters. The predicted molar refractivity (Wildman–Crippen MR) is 135 cm³/mol. The summed E-state index contributed by atoms with van der Waals surface area (Å²) in [6, 6.07) is 13.7. The van der Waals surface area contributed by atoms with Gasteiger partial charge in [-0.05, 0) is 30.7 Å². The van der Waals surface area contributed by atoms with Gasteiger partial charge in [-0.3, -0.25) is 14.7 Å². The summed E-state index contributed by atoms with van der Waals surface area (Å²) in [5, 5.41) is 7.61. The highest BCUT2D eigenvalue weighted by Crippen LogP contribution is 2.33. The lowest BCUT2D eigenvalue weighted by Crippen LogP contribution is -2.34. The van der Waals surface area contributed by atoms with Gasteiger partial charge >= 0.3 is 0 Å². The van der Waals surface area contributed by atoms with Crippen molar-refractivity contribution in [1.82, 2.24) is 24.8 Å². The first-order valence-corrected chi connectivity index (χ1v) is 11.3. The van der Waals surface area contributed by atoms with Crippen molar-refractivity contribution in [3.63, 3.8) is 0 Å². The van der Waals surface area contributed by atoms with Gasteiger partial charge in [0.1, 0.15) is 17.4 Å². The Labute approximate surface area is 202 Å². The molecule has 3 aromatic heterocycles. The minimum atomic E-state index is -0.328. The Morgan fingerprint density at radius 1 is 1.20 bits per heavy atom. The summed E-state index contributed by atoms with van der Waals surface area (Å²) < 4.78 is 5.56. The number of hydrogen-bond donors (Lipinski definition) is 3. The Hall–Kier alpha value is -4.31. The van der Waals surface area contributed by atoms with Gasteiger partial charge in [0.2, 0.25) is 5.91 Å². The summed E-state index contributed by atoms with van der Waals surface area (Å²) in [6.45, 7) is 1.72. The van der Waals surface area contributed by atoms with E-state index in [0.29, 0.717) is 35.3 Å². The van der Waals surface area contributed by atoms with Crippen molar-refractivity contribution in [1.29, 1.82) is 0 Å². The molecule has 5 rings (SSSR count). The molecule has 1 atom stereocenters. The molecule has 1 fully saturated rings. The molecule has 4 heterocycles. The van der Waals surface area contributed by atoms with Gasteiger partial charge in [-0.1, -0.05) is 18.2 Å². The number of nitrogens with zero attached hydrogens (tertiary/aromatic N) is 5. The third-order valence-corrected chi connectivity index (χ3v) is 5.85. The zero-order valence-corrected chi connectivity index (χ0v) is 19.3. The van der Waals surface area contributed by atoms with E-state index in [2.05, 4.69) is 20.6 Å². The molecule has 1 aromatic carbocycles. The van der Waals surface area contributed by atoms with Crippen LogP contribution < -0.4 is 21.1 Å². The lowest BCUT2D eigenvalue weighted by Gasteiger charge is -2.18. The number of benzene rings is 1. The number of rotatable bonds is 8. The number of methoxy groups -OCH3 is 1. The van der Waals surface area contributed by atoms with Crippen LogP contribution in [0.5, 0.6) is 5.75 Å². The largest absolute Gasteiger partial charge is 0.494 e. The quantitative estimate of drug-likeness (QED) is 0.356. The fraction of sp³-hybridized carbons (Fsp3) is 0.240. The van der Waals surface area contributed by atoms with E-state index < -0.39 is 0 Å². The number of primary amides is 1. The maximum absolute atomic E-state index is 11.3. The van der Waals surface area contributed by atoms with Crippen LogP contribution in [-0.4, -0.2) is 63.5 Å². The number of amides is 1. The van der Waals surface area contributed by atoms with E-state index >= 15 is 0 Å². The highest BCUT2D eigenvalue weighted by molar-refractivity contribution is 5.95. The van der Waals surface area contributed by atoms with Crippen molar-refractivity contribution in [2.24, 2.45) is 5.73 Å². The van der Waals surface area contributed by atoms with E-state index in [1.54, 1.807) is 25.7 Å². The smallest absolute Gasteiger partial charge is 0.231 e. The average Bonchev–Trinajstić information content (AvgIpc) is 3.30.